The summed E-state index contributed by atoms with van der Waals surface area (Å²) < 4.78 is 0. The number of carbonyl (C=O) groups excluding carboxylic acids is 1. The summed E-state index contributed by atoms with van der Waals surface area (Å²) in [7, 11) is 2.10. The molecule has 1 heterocycles. The maximum Gasteiger partial charge on any atom is 0.335 e. The van der Waals surface area contributed by atoms with Crippen LogP contribution in [0, 0.1) is 5.92 Å². The zero-order chi connectivity index (χ0) is 14.5. The van der Waals surface area contributed by atoms with E-state index in [1.54, 1.807) is 12.1 Å². The molecule has 5 heteroatoms. The Morgan fingerprint density at radius 2 is 1.95 bits per heavy atom. The van der Waals surface area contributed by atoms with Gasteiger partial charge in [0, 0.05) is 12.1 Å². The number of carbonyl (C=O) groups is 2. The van der Waals surface area contributed by atoms with Crippen LogP contribution in [0.1, 0.15) is 33.6 Å². The highest BCUT2D eigenvalue weighted by Gasteiger charge is 2.17. The molecule has 1 aromatic rings. The van der Waals surface area contributed by atoms with Crippen molar-refractivity contribution in [2.75, 3.05) is 26.7 Å². The first-order valence-electron chi connectivity index (χ1n) is 6.86. The van der Waals surface area contributed by atoms with Gasteiger partial charge in [-0.2, -0.15) is 0 Å². The Labute approximate surface area is 118 Å². The standard InChI is InChI=1S/C15H20N2O3/c1-17-7-5-11(6-8-17)10-16-14(18)12-3-2-4-13(9-12)15(19)20/h2-4,9,11H,5-8,10H2,1H3,(H,16,18)(H,19,20). The number of carboxylic acid groups (broad SMARTS) is 1. The van der Waals surface area contributed by atoms with Crippen molar-refractivity contribution < 1.29 is 14.7 Å². The van der Waals surface area contributed by atoms with Crippen LogP contribution < -0.4 is 5.32 Å². The number of piperidine rings is 1. The van der Waals surface area contributed by atoms with E-state index in [1.807, 2.05) is 0 Å². The third kappa shape index (κ3) is 3.81. The second-order valence-corrected chi connectivity index (χ2v) is 5.34. The van der Waals surface area contributed by atoms with Gasteiger partial charge < -0.3 is 15.3 Å². The molecule has 1 aliphatic rings. The van der Waals surface area contributed by atoms with Gasteiger partial charge in [-0.3, -0.25) is 4.79 Å². The van der Waals surface area contributed by atoms with E-state index < -0.39 is 5.97 Å². The first kappa shape index (κ1) is 14.5. The van der Waals surface area contributed by atoms with E-state index in [2.05, 4.69) is 17.3 Å². The van der Waals surface area contributed by atoms with Crippen LogP contribution in [0.3, 0.4) is 0 Å². The minimum atomic E-state index is -1.02. The Bertz CT molecular complexity index is 494. The average molecular weight is 276 g/mol. The van der Waals surface area contributed by atoms with Crippen LogP contribution in [0.4, 0.5) is 0 Å². The maximum atomic E-state index is 12.0. The summed E-state index contributed by atoms with van der Waals surface area (Å²) in [4.78, 5) is 25.2. The lowest BCUT2D eigenvalue weighted by Gasteiger charge is -2.28. The fourth-order valence-corrected chi connectivity index (χ4v) is 2.40. The summed E-state index contributed by atoms with van der Waals surface area (Å²) in [5.41, 5.74) is 0.537. The van der Waals surface area contributed by atoms with Gasteiger partial charge in [-0.15, -0.1) is 0 Å². The molecule has 0 aliphatic carbocycles. The molecule has 108 valence electrons. The van der Waals surface area contributed by atoms with Crippen molar-refractivity contribution in [3.8, 4) is 0 Å². The van der Waals surface area contributed by atoms with E-state index in [4.69, 9.17) is 5.11 Å². The molecule has 2 N–H and O–H groups in total. The molecular weight excluding hydrogens is 256 g/mol. The van der Waals surface area contributed by atoms with Crippen molar-refractivity contribution in [3.05, 3.63) is 35.4 Å². The number of rotatable bonds is 4. The van der Waals surface area contributed by atoms with Crippen LogP contribution in [0.5, 0.6) is 0 Å². The van der Waals surface area contributed by atoms with Gasteiger partial charge in [-0.25, -0.2) is 4.79 Å². The largest absolute Gasteiger partial charge is 0.478 e. The molecule has 0 saturated carbocycles. The molecule has 1 aromatic carbocycles. The van der Waals surface area contributed by atoms with Gasteiger partial charge in [0.15, 0.2) is 0 Å². The monoisotopic (exact) mass is 276 g/mol. The van der Waals surface area contributed by atoms with Crippen LogP contribution in [-0.4, -0.2) is 48.6 Å². The van der Waals surface area contributed by atoms with Crippen molar-refractivity contribution in [2.24, 2.45) is 5.92 Å². The van der Waals surface area contributed by atoms with Crippen molar-refractivity contribution in [3.63, 3.8) is 0 Å². The number of hydrogen-bond donors (Lipinski definition) is 2. The highest BCUT2D eigenvalue weighted by molar-refractivity contribution is 5.97. The van der Waals surface area contributed by atoms with Crippen molar-refractivity contribution in [2.45, 2.75) is 12.8 Å². The van der Waals surface area contributed by atoms with E-state index in [9.17, 15) is 9.59 Å². The Balaban J connectivity index is 1.88. The van der Waals surface area contributed by atoms with Crippen LogP contribution in [0.2, 0.25) is 0 Å². The minimum Gasteiger partial charge on any atom is -0.478 e. The number of carboxylic acids is 1. The number of hydrogen-bond acceptors (Lipinski definition) is 3. The molecule has 1 fully saturated rings. The van der Waals surface area contributed by atoms with E-state index in [1.165, 1.54) is 12.1 Å². The smallest absolute Gasteiger partial charge is 0.335 e. The summed E-state index contributed by atoms with van der Waals surface area (Å²) in [6, 6.07) is 6.12. The van der Waals surface area contributed by atoms with Gasteiger partial charge in [0.05, 0.1) is 5.56 Å². The molecule has 1 saturated heterocycles. The molecule has 0 bridgehead atoms. The molecule has 0 unspecified atom stereocenters. The minimum absolute atomic E-state index is 0.136. The van der Waals surface area contributed by atoms with E-state index in [0.717, 1.165) is 25.9 Å². The SMILES string of the molecule is CN1CCC(CNC(=O)c2cccc(C(=O)O)c2)CC1. The predicted octanol–water partition coefficient (Wildman–Crippen LogP) is 1.46. The van der Waals surface area contributed by atoms with Crippen LogP contribution in [-0.2, 0) is 0 Å². The zero-order valence-electron chi connectivity index (χ0n) is 11.6. The molecule has 1 amide bonds. The van der Waals surface area contributed by atoms with Crippen molar-refractivity contribution >= 4 is 11.9 Å². The number of likely N-dealkylation sites (tertiary alicyclic amines) is 1. The molecule has 20 heavy (non-hydrogen) atoms. The molecular formula is C15H20N2O3. The van der Waals surface area contributed by atoms with Gasteiger partial charge in [0.2, 0.25) is 0 Å². The van der Waals surface area contributed by atoms with E-state index in [-0.39, 0.29) is 11.5 Å². The Morgan fingerprint density at radius 1 is 1.30 bits per heavy atom. The second kappa shape index (κ2) is 6.52. The van der Waals surface area contributed by atoms with E-state index >= 15 is 0 Å². The number of benzene rings is 1. The lowest BCUT2D eigenvalue weighted by atomic mass is 9.97. The van der Waals surface area contributed by atoms with Gasteiger partial charge in [-0.1, -0.05) is 6.07 Å². The third-order valence-electron chi connectivity index (χ3n) is 3.76. The van der Waals surface area contributed by atoms with Gasteiger partial charge in [0.25, 0.3) is 5.91 Å². The molecule has 0 spiro atoms. The van der Waals surface area contributed by atoms with Gasteiger partial charge in [0.1, 0.15) is 0 Å². The molecule has 0 radical (unpaired) electrons. The van der Waals surface area contributed by atoms with Crippen LogP contribution in [0.15, 0.2) is 24.3 Å². The summed E-state index contributed by atoms with van der Waals surface area (Å²) in [6.07, 6.45) is 2.18. The van der Waals surface area contributed by atoms with E-state index in [0.29, 0.717) is 18.0 Å². The van der Waals surface area contributed by atoms with Crippen molar-refractivity contribution in [1.29, 1.82) is 0 Å². The first-order chi connectivity index (χ1) is 9.56. The molecule has 0 aromatic heterocycles. The maximum absolute atomic E-state index is 12.0. The fourth-order valence-electron chi connectivity index (χ4n) is 2.40. The Morgan fingerprint density at radius 3 is 2.60 bits per heavy atom. The summed E-state index contributed by atoms with van der Waals surface area (Å²) in [5.74, 6) is -0.709. The summed E-state index contributed by atoms with van der Waals surface area (Å²) in [6.45, 7) is 2.79. The average Bonchev–Trinajstić information content (AvgIpc) is 2.46. The lowest BCUT2D eigenvalue weighted by molar-refractivity contribution is 0.0697. The molecule has 2 rings (SSSR count). The van der Waals surface area contributed by atoms with Crippen LogP contribution in [0.25, 0.3) is 0 Å². The third-order valence-corrected chi connectivity index (χ3v) is 3.76. The van der Waals surface area contributed by atoms with Crippen LogP contribution >= 0.6 is 0 Å². The fraction of sp³-hybridized carbons (Fsp3) is 0.467. The number of nitrogens with zero attached hydrogens (tertiary/aromatic N) is 1. The molecule has 1 aliphatic heterocycles. The predicted molar refractivity (Wildman–Crippen MR) is 76.0 cm³/mol. The molecule has 0 atom stereocenters. The quantitative estimate of drug-likeness (QED) is 0.873. The van der Waals surface area contributed by atoms with Gasteiger partial charge in [-0.05, 0) is 57.1 Å². The summed E-state index contributed by atoms with van der Waals surface area (Å²) >= 11 is 0. The zero-order valence-corrected chi connectivity index (χ0v) is 11.6. The number of nitrogens with one attached hydrogen (secondary N) is 1. The number of aromatic carboxylic acids is 1. The lowest BCUT2D eigenvalue weighted by Crippen LogP contribution is -2.36. The highest BCUT2D eigenvalue weighted by atomic mass is 16.4. The topological polar surface area (TPSA) is 69.6 Å². The number of amides is 1. The summed E-state index contributed by atoms with van der Waals surface area (Å²) in [5, 5.41) is 11.8. The highest BCUT2D eigenvalue weighted by Crippen LogP contribution is 2.15. The first-order valence-corrected chi connectivity index (χ1v) is 6.86. The van der Waals surface area contributed by atoms with Crippen molar-refractivity contribution in [1.82, 2.24) is 10.2 Å². The van der Waals surface area contributed by atoms with Gasteiger partial charge >= 0.3 is 5.97 Å². The molecule has 5 nitrogen and oxygen atoms in total. The Hall–Kier alpha value is -1.88. The Kier molecular flexibility index (Phi) is 4.74. The second-order valence-electron chi connectivity index (χ2n) is 5.34. The normalized spacial score (nSPS) is 16.9.